The molecule has 0 aromatic heterocycles. The zero-order chi connectivity index (χ0) is 13.4. The van der Waals surface area contributed by atoms with Crippen molar-refractivity contribution >= 4 is 5.91 Å². The van der Waals surface area contributed by atoms with Crippen LogP contribution in [-0.4, -0.2) is 31.2 Å². The zero-order valence-electron chi connectivity index (χ0n) is 11.8. The second-order valence-corrected chi connectivity index (χ2v) is 4.93. The molecule has 0 saturated heterocycles. The number of hydrogen-bond donors (Lipinski definition) is 2. The summed E-state index contributed by atoms with van der Waals surface area (Å²) >= 11 is 0. The van der Waals surface area contributed by atoms with Gasteiger partial charge in [0.25, 0.3) is 0 Å². The van der Waals surface area contributed by atoms with Gasteiger partial charge < -0.3 is 15.8 Å². The van der Waals surface area contributed by atoms with Crippen LogP contribution in [0, 0.1) is 11.8 Å². The average Bonchev–Trinajstić information content (AvgIpc) is 2.31. The van der Waals surface area contributed by atoms with E-state index >= 15 is 0 Å². The Morgan fingerprint density at radius 2 is 1.88 bits per heavy atom. The van der Waals surface area contributed by atoms with Gasteiger partial charge in [0, 0.05) is 6.61 Å². The minimum atomic E-state index is -0.428. The fraction of sp³-hybridized carbons (Fsp3) is 0.923. The van der Waals surface area contributed by atoms with Gasteiger partial charge in [0.2, 0.25) is 5.91 Å². The lowest BCUT2D eigenvalue weighted by Crippen LogP contribution is -2.51. The van der Waals surface area contributed by atoms with Crippen molar-refractivity contribution in [3.05, 3.63) is 0 Å². The Morgan fingerprint density at radius 1 is 1.29 bits per heavy atom. The number of hydrogen-bond acceptors (Lipinski definition) is 3. The van der Waals surface area contributed by atoms with Gasteiger partial charge in [0.05, 0.1) is 18.7 Å². The molecule has 102 valence electrons. The summed E-state index contributed by atoms with van der Waals surface area (Å²) in [5, 5.41) is 2.98. The minimum Gasteiger partial charge on any atom is -0.380 e. The Morgan fingerprint density at radius 3 is 2.29 bits per heavy atom. The summed E-state index contributed by atoms with van der Waals surface area (Å²) in [5.41, 5.74) is 5.90. The highest BCUT2D eigenvalue weighted by Gasteiger charge is 2.23. The molecule has 0 spiro atoms. The van der Waals surface area contributed by atoms with E-state index in [0.717, 1.165) is 6.42 Å². The van der Waals surface area contributed by atoms with Crippen LogP contribution in [0.2, 0.25) is 0 Å². The average molecular weight is 244 g/mol. The van der Waals surface area contributed by atoms with E-state index in [2.05, 4.69) is 19.2 Å². The predicted octanol–water partition coefficient (Wildman–Crippen LogP) is 1.54. The minimum absolute atomic E-state index is 0.0394. The van der Waals surface area contributed by atoms with Crippen LogP contribution in [-0.2, 0) is 9.53 Å². The van der Waals surface area contributed by atoms with E-state index in [9.17, 15) is 4.79 Å². The van der Waals surface area contributed by atoms with Gasteiger partial charge in [-0.2, -0.15) is 0 Å². The van der Waals surface area contributed by atoms with E-state index in [1.807, 2.05) is 20.8 Å². The van der Waals surface area contributed by atoms with Crippen molar-refractivity contribution in [1.82, 2.24) is 5.32 Å². The molecule has 0 aliphatic rings. The van der Waals surface area contributed by atoms with Crippen LogP contribution < -0.4 is 11.1 Å². The number of carbonyl (C=O) groups excluding carboxylic acids is 1. The number of ether oxygens (including phenoxy) is 1. The first kappa shape index (κ1) is 16.4. The van der Waals surface area contributed by atoms with Crippen molar-refractivity contribution < 1.29 is 9.53 Å². The molecule has 0 radical (unpaired) electrons. The molecule has 4 nitrogen and oxygen atoms in total. The molecule has 0 saturated carbocycles. The summed E-state index contributed by atoms with van der Waals surface area (Å²) in [6.07, 6.45) is 0.909. The molecule has 3 unspecified atom stereocenters. The van der Waals surface area contributed by atoms with Crippen molar-refractivity contribution in [3.63, 3.8) is 0 Å². The molecular weight excluding hydrogens is 216 g/mol. The molecule has 0 aliphatic heterocycles. The number of amides is 1. The maximum atomic E-state index is 11.9. The summed E-state index contributed by atoms with van der Waals surface area (Å²) in [6, 6.07) is -0.388. The van der Waals surface area contributed by atoms with Gasteiger partial charge in [-0.3, -0.25) is 4.79 Å². The summed E-state index contributed by atoms with van der Waals surface area (Å²) in [7, 11) is 0. The molecule has 0 aromatic rings. The molecule has 0 rings (SSSR count). The third-order valence-corrected chi connectivity index (χ3v) is 3.19. The molecule has 4 heteroatoms. The van der Waals surface area contributed by atoms with Gasteiger partial charge in [-0.15, -0.1) is 0 Å². The smallest absolute Gasteiger partial charge is 0.237 e. The Hall–Kier alpha value is -0.610. The lowest BCUT2D eigenvalue weighted by molar-refractivity contribution is -0.125. The van der Waals surface area contributed by atoms with Crippen molar-refractivity contribution in [2.45, 2.75) is 53.1 Å². The molecule has 0 aliphatic carbocycles. The zero-order valence-corrected chi connectivity index (χ0v) is 11.8. The second kappa shape index (κ2) is 8.48. The fourth-order valence-electron chi connectivity index (χ4n) is 1.44. The van der Waals surface area contributed by atoms with E-state index in [0.29, 0.717) is 19.1 Å². The quantitative estimate of drug-likeness (QED) is 0.680. The molecule has 0 bridgehead atoms. The van der Waals surface area contributed by atoms with E-state index < -0.39 is 6.04 Å². The first-order valence-corrected chi connectivity index (χ1v) is 6.57. The second-order valence-electron chi connectivity index (χ2n) is 4.93. The normalized spacial score (nSPS) is 16.6. The van der Waals surface area contributed by atoms with Crippen molar-refractivity contribution in [2.24, 2.45) is 17.6 Å². The number of carbonyl (C=O) groups is 1. The van der Waals surface area contributed by atoms with Crippen LogP contribution in [0.5, 0.6) is 0 Å². The van der Waals surface area contributed by atoms with Crippen LogP contribution >= 0.6 is 0 Å². The Balaban J connectivity index is 4.29. The Bertz CT molecular complexity index is 219. The van der Waals surface area contributed by atoms with Crippen LogP contribution in [0.4, 0.5) is 0 Å². The van der Waals surface area contributed by atoms with Gasteiger partial charge in [0.1, 0.15) is 0 Å². The summed E-state index contributed by atoms with van der Waals surface area (Å²) in [6.45, 7) is 11.3. The predicted molar refractivity (Wildman–Crippen MR) is 70.7 cm³/mol. The first-order valence-electron chi connectivity index (χ1n) is 6.57. The standard InChI is InChI=1S/C13H28N2O2/c1-6-10(5)12(14)13(16)15-11(9(3)4)8-17-7-2/h9-12H,6-8,14H2,1-5H3,(H,15,16). The maximum Gasteiger partial charge on any atom is 0.237 e. The van der Waals surface area contributed by atoms with E-state index in [1.165, 1.54) is 0 Å². The first-order chi connectivity index (χ1) is 7.93. The van der Waals surface area contributed by atoms with Gasteiger partial charge in [0.15, 0.2) is 0 Å². The molecule has 17 heavy (non-hydrogen) atoms. The number of nitrogens with one attached hydrogen (secondary N) is 1. The van der Waals surface area contributed by atoms with Crippen LogP contribution in [0.15, 0.2) is 0 Å². The van der Waals surface area contributed by atoms with E-state index in [1.54, 1.807) is 0 Å². The van der Waals surface area contributed by atoms with Crippen molar-refractivity contribution in [3.8, 4) is 0 Å². The van der Waals surface area contributed by atoms with Crippen molar-refractivity contribution in [2.75, 3.05) is 13.2 Å². The molecule has 3 N–H and O–H groups in total. The van der Waals surface area contributed by atoms with E-state index in [-0.39, 0.29) is 17.9 Å². The lowest BCUT2D eigenvalue weighted by atomic mass is 9.98. The van der Waals surface area contributed by atoms with Gasteiger partial charge in [-0.25, -0.2) is 0 Å². The van der Waals surface area contributed by atoms with Gasteiger partial charge >= 0.3 is 0 Å². The summed E-state index contributed by atoms with van der Waals surface area (Å²) < 4.78 is 5.37. The van der Waals surface area contributed by atoms with Crippen LogP contribution in [0.25, 0.3) is 0 Å². The molecule has 0 fully saturated rings. The highest BCUT2D eigenvalue weighted by Crippen LogP contribution is 2.08. The van der Waals surface area contributed by atoms with Gasteiger partial charge in [-0.05, 0) is 18.8 Å². The molecular formula is C13H28N2O2. The topological polar surface area (TPSA) is 64.3 Å². The molecule has 3 atom stereocenters. The summed E-state index contributed by atoms with van der Waals surface area (Å²) in [5.74, 6) is 0.474. The highest BCUT2D eigenvalue weighted by molar-refractivity contribution is 5.82. The van der Waals surface area contributed by atoms with Crippen LogP contribution in [0.1, 0.15) is 41.0 Å². The Labute approximate surface area is 105 Å². The highest BCUT2D eigenvalue weighted by atomic mass is 16.5. The monoisotopic (exact) mass is 244 g/mol. The third kappa shape index (κ3) is 6.03. The van der Waals surface area contributed by atoms with E-state index in [4.69, 9.17) is 10.5 Å². The number of rotatable bonds is 8. The summed E-state index contributed by atoms with van der Waals surface area (Å²) in [4.78, 5) is 11.9. The lowest BCUT2D eigenvalue weighted by Gasteiger charge is -2.25. The maximum absolute atomic E-state index is 11.9. The molecule has 0 aromatic carbocycles. The SMILES string of the molecule is CCOCC(NC(=O)C(N)C(C)CC)C(C)C. The number of nitrogens with two attached hydrogens (primary N) is 1. The molecule has 0 heterocycles. The fourth-order valence-corrected chi connectivity index (χ4v) is 1.44. The van der Waals surface area contributed by atoms with Crippen LogP contribution in [0.3, 0.4) is 0 Å². The van der Waals surface area contributed by atoms with Gasteiger partial charge in [-0.1, -0.05) is 34.1 Å². The largest absolute Gasteiger partial charge is 0.380 e. The third-order valence-electron chi connectivity index (χ3n) is 3.19. The Kier molecular flexibility index (Phi) is 8.17. The van der Waals surface area contributed by atoms with Crippen molar-refractivity contribution in [1.29, 1.82) is 0 Å². The molecule has 1 amide bonds.